The van der Waals surface area contributed by atoms with E-state index in [0.29, 0.717) is 29.2 Å². The summed E-state index contributed by atoms with van der Waals surface area (Å²) < 4.78 is 16.8. The summed E-state index contributed by atoms with van der Waals surface area (Å²) in [5.74, 6) is 0.386. The number of amides is 1. The minimum absolute atomic E-state index is 0.129. The molecule has 3 aromatic carbocycles. The summed E-state index contributed by atoms with van der Waals surface area (Å²) in [5.41, 5.74) is 4.27. The van der Waals surface area contributed by atoms with Gasteiger partial charge in [-0.1, -0.05) is 30.3 Å². The fraction of sp³-hybridized carbons (Fsp3) is 0.148. The highest BCUT2D eigenvalue weighted by Gasteiger charge is 2.16. The Morgan fingerprint density at radius 1 is 1.11 bits per heavy atom. The van der Waals surface area contributed by atoms with Crippen molar-refractivity contribution in [2.75, 3.05) is 19.0 Å². The maximum atomic E-state index is 12.8. The molecular weight excluding hydrogens is 448 g/mol. The van der Waals surface area contributed by atoms with Crippen molar-refractivity contribution >= 4 is 33.8 Å². The van der Waals surface area contributed by atoms with Crippen molar-refractivity contribution in [1.29, 1.82) is 0 Å². The van der Waals surface area contributed by atoms with Crippen LogP contribution in [0, 0.1) is 10.1 Å². The van der Waals surface area contributed by atoms with Gasteiger partial charge in [0.05, 0.1) is 36.7 Å². The summed E-state index contributed by atoms with van der Waals surface area (Å²) in [6.07, 6.45) is 3.17. The van der Waals surface area contributed by atoms with E-state index in [2.05, 4.69) is 5.32 Å². The number of hydrogen-bond donors (Lipinski definition) is 1. The number of nitrogens with one attached hydrogen (secondary N) is 1. The van der Waals surface area contributed by atoms with Gasteiger partial charge in [-0.3, -0.25) is 14.9 Å². The van der Waals surface area contributed by atoms with Crippen LogP contribution in [0.4, 0.5) is 11.4 Å². The van der Waals surface area contributed by atoms with Crippen LogP contribution in [0.2, 0.25) is 0 Å². The van der Waals surface area contributed by atoms with Gasteiger partial charge < -0.3 is 19.2 Å². The smallest absolute Gasteiger partial charge is 0.273 e. The lowest BCUT2D eigenvalue weighted by Gasteiger charge is -2.12. The van der Waals surface area contributed by atoms with Gasteiger partial charge in [-0.25, -0.2) is 0 Å². The number of non-ortho nitro benzene ring substituents is 1. The molecule has 0 aliphatic rings. The highest BCUT2D eigenvalue weighted by Crippen LogP contribution is 2.37. The van der Waals surface area contributed by atoms with Gasteiger partial charge in [-0.15, -0.1) is 0 Å². The third kappa shape index (κ3) is 5.01. The molecule has 0 aliphatic carbocycles. The molecule has 0 bridgehead atoms. The summed E-state index contributed by atoms with van der Waals surface area (Å²) in [6.45, 7) is 4.15. The minimum atomic E-state index is -0.525. The van der Waals surface area contributed by atoms with E-state index in [0.717, 1.165) is 22.1 Å². The average Bonchev–Trinajstić information content (AvgIpc) is 3.27. The van der Waals surface area contributed by atoms with Crippen LogP contribution in [0.5, 0.6) is 11.5 Å². The largest absolute Gasteiger partial charge is 0.494 e. The number of carbonyl (C=O) groups is 1. The van der Waals surface area contributed by atoms with E-state index < -0.39 is 10.8 Å². The van der Waals surface area contributed by atoms with Crippen LogP contribution in [-0.2, 0) is 4.79 Å². The maximum Gasteiger partial charge on any atom is 0.273 e. The van der Waals surface area contributed by atoms with Gasteiger partial charge >= 0.3 is 0 Å². The molecule has 4 aromatic rings. The molecule has 1 amide bonds. The Morgan fingerprint density at radius 2 is 1.89 bits per heavy atom. The van der Waals surface area contributed by atoms with E-state index in [-0.39, 0.29) is 11.4 Å². The quantitative estimate of drug-likeness (QED) is 0.179. The van der Waals surface area contributed by atoms with Crippen LogP contribution in [0.1, 0.15) is 19.4 Å². The Balaban J connectivity index is 1.69. The number of furan rings is 1. The van der Waals surface area contributed by atoms with E-state index in [1.165, 1.54) is 31.4 Å². The molecule has 0 fully saturated rings. The fourth-order valence-corrected chi connectivity index (χ4v) is 3.82. The number of carbonyl (C=O) groups excluding carboxylic acids is 1. The van der Waals surface area contributed by atoms with E-state index in [1.54, 1.807) is 6.26 Å². The van der Waals surface area contributed by atoms with Crippen LogP contribution >= 0.6 is 0 Å². The van der Waals surface area contributed by atoms with Gasteiger partial charge in [-0.2, -0.15) is 0 Å². The first kappa shape index (κ1) is 23.6. The minimum Gasteiger partial charge on any atom is -0.494 e. The molecule has 35 heavy (non-hydrogen) atoms. The van der Waals surface area contributed by atoms with E-state index in [1.807, 2.05) is 56.3 Å². The summed E-state index contributed by atoms with van der Waals surface area (Å²) in [6, 6.07) is 17.7. The normalized spacial score (nSPS) is 11.3. The van der Waals surface area contributed by atoms with Crippen molar-refractivity contribution in [2.24, 2.45) is 0 Å². The molecule has 0 spiro atoms. The molecule has 0 saturated carbocycles. The molecule has 0 atom stereocenters. The average molecular weight is 472 g/mol. The van der Waals surface area contributed by atoms with Gasteiger partial charge in [0.25, 0.3) is 5.69 Å². The Labute approximate surface area is 201 Å². The van der Waals surface area contributed by atoms with Crippen LogP contribution in [0.3, 0.4) is 0 Å². The van der Waals surface area contributed by atoms with Crippen molar-refractivity contribution in [1.82, 2.24) is 0 Å². The Bertz CT molecular complexity index is 1420. The predicted octanol–water partition coefficient (Wildman–Crippen LogP) is 6.46. The number of nitro benzene ring substituents is 1. The lowest BCUT2D eigenvalue weighted by Crippen LogP contribution is -2.10. The molecule has 4 rings (SSSR count). The second-order valence-corrected chi connectivity index (χ2v) is 7.75. The molecule has 0 radical (unpaired) electrons. The number of fused-ring (bicyclic) bond motifs is 1. The fourth-order valence-electron chi connectivity index (χ4n) is 3.82. The number of anilines is 1. The van der Waals surface area contributed by atoms with Gasteiger partial charge in [-0.05, 0) is 37.1 Å². The van der Waals surface area contributed by atoms with Crippen molar-refractivity contribution in [2.45, 2.75) is 13.8 Å². The number of nitro groups is 1. The molecular formula is C27H24N2O6. The Hall–Kier alpha value is -4.59. The molecule has 0 saturated heterocycles. The Morgan fingerprint density at radius 3 is 2.57 bits per heavy atom. The first-order valence-electron chi connectivity index (χ1n) is 11.0. The highest BCUT2D eigenvalue weighted by molar-refractivity contribution is 6.06. The van der Waals surface area contributed by atoms with Gasteiger partial charge in [0, 0.05) is 34.7 Å². The number of allylic oxidation sites excluding steroid dienone is 1. The van der Waals surface area contributed by atoms with Gasteiger partial charge in [0.15, 0.2) is 0 Å². The van der Waals surface area contributed by atoms with Gasteiger partial charge in [0.1, 0.15) is 17.1 Å². The third-order valence-electron chi connectivity index (χ3n) is 5.49. The molecule has 0 aliphatic heterocycles. The zero-order valence-electron chi connectivity index (χ0n) is 19.5. The zero-order chi connectivity index (χ0) is 24.9. The SMILES string of the molecule is CCOc1cc2occ(-c3ccccc3)c2cc1/C(C)=C/C(=O)Nc1ccc([N+](=O)[O-])cc1OC. The number of rotatable bonds is 8. The second kappa shape index (κ2) is 10.1. The zero-order valence-corrected chi connectivity index (χ0v) is 19.5. The van der Waals surface area contributed by atoms with Crippen LogP contribution in [0.25, 0.3) is 27.7 Å². The van der Waals surface area contributed by atoms with E-state index in [9.17, 15) is 14.9 Å². The lowest BCUT2D eigenvalue weighted by molar-refractivity contribution is -0.384. The van der Waals surface area contributed by atoms with Crippen molar-refractivity contribution in [3.8, 4) is 22.6 Å². The van der Waals surface area contributed by atoms with Crippen molar-refractivity contribution < 1.29 is 23.6 Å². The van der Waals surface area contributed by atoms with Crippen LogP contribution in [-0.4, -0.2) is 24.5 Å². The molecule has 1 heterocycles. The van der Waals surface area contributed by atoms with Crippen molar-refractivity contribution in [3.05, 3.63) is 88.7 Å². The molecule has 0 unspecified atom stereocenters. The predicted molar refractivity (Wildman–Crippen MR) is 135 cm³/mol. The summed E-state index contributed by atoms with van der Waals surface area (Å²) >= 11 is 0. The summed E-state index contributed by atoms with van der Waals surface area (Å²) in [7, 11) is 1.38. The summed E-state index contributed by atoms with van der Waals surface area (Å²) in [5, 5.41) is 14.6. The monoisotopic (exact) mass is 472 g/mol. The van der Waals surface area contributed by atoms with E-state index in [4.69, 9.17) is 13.9 Å². The Kier molecular flexibility index (Phi) is 6.82. The lowest BCUT2D eigenvalue weighted by atomic mass is 9.99. The third-order valence-corrected chi connectivity index (χ3v) is 5.49. The van der Waals surface area contributed by atoms with E-state index >= 15 is 0 Å². The number of nitrogens with zero attached hydrogens (tertiary/aromatic N) is 1. The highest BCUT2D eigenvalue weighted by atomic mass is 16.6. The van der Waals surface area contributed by atoms with Crippen molar-refractivity contribution in [3.63, 3.8) is 0 Å². The van der Waals surface area contributed by atoms with Crippen LogP contribution in [0.15, 0.2) is 77.4 Å². The second-order valence-electron chi connectivity index (χ2n) is 7.75. The molecule has 178 valence electrons. The molecule has 1 N–H and O–H groups in total. The molecule has 8 heteroatoms. The first-order valence-corrected chi connectivity index (χ1v) is 11.0. The van der Waals surface area contributed by atoms with Crippen LogP contribution < -0.4 is 14.8 Å². The number of ether oxygens (including phenoxy) is 2. The number of benzene rings is 3. The topological polar surface area (TPSA) is 104 Å². The maximum absolute atomic E-state index is 12.8. The summed E-state index contributed by atoms with van der Waals surface area (Å²) in [4.78, 5) is 23.3. The number of hydrogen-bond acceptors (Lipinski definition) is 6. The standard InChI is InChI=1S/C27H24N2O6/c1-4-34-24-15-25-21(22(16-35-25)18-8-6-5-7-9-18)14-20(24)17(2)12-27(30)28-23-11-10-19(29(31)32)13-26(23)33-3/h5-16H,4H2,1-3H3,(H,28,30)/b17-12+. The molecule has 8 nitrogen and oxygen atoms in total. The molecule has 1 aromatic heterocycles. The van der Waals surface area contributed by atoms with Gasteiger partial charge in [0.2, 0.25) is 5.91 Å². The first-order chi connectivity index (χ1) is 16.9. The number of methoxy groups -OCH3 is 1.